The SMILES string of the molecule is C=C(CC)C(=O)O.CN(C)C.CN(C)C.CN(C)C.O=S(=O)(O)O. The molecule has 0 saturated heterocycles. The Labute approximate surface area is 148 Å². The van der Waals surface area contributed by atoms with Gasteiger partial charge in [0.15, 0.2) is 0 Å². The average Bonchev–Trinajstić information content (AvgIpc) is 2.22. The van der Waals surface area contributed by atoms with E-state index in [2.05, 4.69) is 6.58 Å². The van der Waals surface area contributed by atoms with Crippen molar-refractivity contribution in [3.05, 3.63) is 12.2 Å². The van der Waals surface area contributed by atoms with E-state index in [1.807, 2.05) is 78.1 Å². The first-order valence-corrected chi connectivity index (χ1v) is 8.21. The maximum atomic E-state index is 9.83. The summed E-state index contributed by atoms with van der Waals surface area (Å²) in [6, 6.07) is 0. The largest absolute Gasteiger partial charge is 0.478 e. The van der Waals surface area contributed by atoms with Crippen molar-refractivity contribution in [3.63, 3.8) is 0 Å². The van der Waals surface area contributed by atoms with Crippen LogP contribution >= 0.6 is 0 Å². The number of aliphatic carboxylic acids is 1. The monoisotopic (exact) mass is 375 g/mol. The number of hydrogen-bond donors (Lipinski definition) is 3. The fourth-order valence-electron chi connectivity index (χ4n) is 0.151. The second-order valence-electron chi connectivity index (χ2n) is 5.74. The molecule has 0 aromatic rings. The van der Waals surface area contributed by atoms with Gasteiger partial charge in [-0.15, -0.1) is 0 Å². The van der Waals surface area contributed by atoms with Gasteiger partial charge in [0.25, 0.3) is 0 Å². The lowest BCUT2D eigenvalue weighted by Gasteiger charge is -1.90. The molecule has 0 spiro atoms. The van der Waals surface area contributed by atoms with Gasteiger partial charge in [0.05, 0.1) is 0 Å². The third-order valence-electron chi connectivity index (χ3n) is 0.729. The third kappa shape index (κ3) is 339. The molecular weight excluding hydrogens is 338 g/mol. The standard InChI is InChI=1S/C5H8O2.3C3H9N.H2O4S/c1-3-4(2)5(6)7;3*1-4(2)3;1-5(2,3)4/h2-3H2,1H3,(H,6,7);3*1-3H3;(H2,1,2,3,4). The van der Waals surface area contributed by atoms with Crippen LogP contribution in [0, 0.1) is 0 Å². The molecule has 24 heavy (non-hydrogen) atoms. The molecule has 0 bridgehead atoms. The molecule has 0 heterocycles. The first-order valence-electron chi connectivity index (χ1n) is 6.82. The maximum Gasteiger partial charge on any atom is 0.394 e. The fourth-order valence-corrected chi connectivity index (χ4v) is 0.151. The normalized spacial score (nSPS) is 9.29. The van der Waals surface area contributed by atoms with Crippen LogP contribution in [0.5, 0.6) is 0 Å². The van der Waals surface area contributed by atoms with Gasteiger partial charge in [0.2, 0.25) is 0 Å². The summed E-state index contributed by atoms with van der Waals surface area (Å²) in [6.07, 6.45) is 0.523. The van der Waals surface area contributed by atoms with Gasteiger partial charge in [-0.05, 0) is 69.8 Å². The van der Waals surface area contributed by atoms with Crippen LogP contribution in [-0.4, -0.2) is 107 Å². The number of carbonyl (C=O) groups is 1. The number of rotatable bonds is 2. The molecular formula is C14H37N3O6S. The molecule has 0 atom stereocenters. The molecule has 0 fully saturated rings. The molecule has 0 saturated carbocycles. The summed E-state index contributed by atoms with van der Waals surface area (Å²) in [7, 11) is 13.3. The fraction of sp³-hybridized carbons (Fsp3) is 0.786. The first-order chi connectivity index (χ1) is 10.4. The first kappa shape index (κ1) is 34.3. The molecule has 0 aromatic carbocycles. The Balaban J connectivity index is -0.0000000642. The lowest BCUT2D eigenvalue weighted by Crippen LogP contribution is -1.99. The average molecular weight is 376 g/mol. The molecule has 9 nitrogen and oxygen atoms in total. The van der Waals surface area contributed by atoms with Crippen molar-refractivity contribution < 1.29 is 27.4 Å². The van der Waals surface area contributed by atoms with E-state index in [9.17, 15) is 4.79 Å². The Morgan fingerprint density at radius 1 is 0.833 bits per heavy atom. The Morgan fingerprint density at radius 3 is 0.958 bits per heavy atom. The van der Waals surface area contributed by atoms with Crippen molar-refractivity contribution in [2.75, 3.05) is 63.4 Å². The molecule has 0 amide bonds. The van der Waals surface area contributed by atoms with E-state index >= 15 is 0 Å². The summed E-state index contributed by atoms with van der Waals surface area (Å²) in [5.74, 6) is -0.900. The van der Waals surface area contributed by atoms with Gasteiger partial charge in [0, 0.05) is 5.57 Å². The van der Waals surface area contributed by atoms with Crippen molar-refractivity contribution >= 4 is 16.4 Å². The van der Waals surface area contributed by atoms with Gasteiger partial charge in [-0.25, -0.2) is 4.79 Å². The van der Waals surface area contributed by atoms with Crippen LogP contribution in [0.4, 0.5) is 0 Å². The highest BCUT2D eigenvalue weighted by molar-refractivity contribution is 7.79. The second kappa shape index (κ2) is 22.0. The smallest absolute Gasteiger partial charge is 0.394 e. The predicted octanol–water partition coefficient (Wildman–Crippen LogP) is 0.918. The maximum absolute atomic E-state index is 9.83. The lowest BCUT2D eigenvalue weighted by atomic mass is 10.2. The highest BCUT2D eigenvalue weighted by Gasteiger charge is 1.96. The summed E-state index contributed by atoms with van der Waals surface area (Å²) in [6.45, 7) is 5.03. The van der Waals surface area contributed by atoms with E-state index in [-0.39, 0.29) is 5.57 Å². The number of carboxylic acid groups (broad SMARTS) is 1. The van der Waals surface area contributed by atoms with Crippen LogP contribution in [0.25, 0.3) is 0 Å². The van der Waals surface area contributed by atoms with Crippen LogP contribution in [0.3, 0.4) is 0 Å². The Morgan fingerprint density at radius 2 is 0.958 bits per heavy atom. The van der Waals surface area contributed by atoms with Crippen molar-refractivity contribution in [2.45, 2.75) is 13.3 Å². The molecule has 0 aliphatic heterocycles. The minimum Gasteiger partial charge on any atom is -0.478 e. The van der Waals surface area contributed by atoms with Gasteiger partial charge in [-0.3, -0.25) is 9.11 Å². The highest BCUT2D eigenvalue weighted by Crippen LogP contribution is 1.93. The molecule has 0 aliphatic rings. The van der Waals surface area contributed by atoms with Crippen LogP contribution in [0.1, 0.15) is 13.3 Å². The van der Waals surface area contributed by atoms with Crippen LogP contribution in [0.15, 0.2) is 12.2 Å². The van der Waals surface area contributed by atoms with Crippen LogP contribution < -0.4 is 0 Å². The minimum absolute atomic E-state index is 0.264. The zero-order valence-electron chi connectivity index (χ0n) is 16.7. The summed E-state index contributed by atoms with van der Waals surface area (Å²) in [5.41, 5.74) is 0.264. The lowest BCUT2D eigenvalue weighted by molar-refractivity contribution is -0.132. The Hall–Kier alpha value is -1.04. The number of carboxylic acids is 1. The molecule has 0 rings (SSSR count). The van der Waals surface area contributed by atoms with E-state index < -0.39 is 16.4 Å². The van der Waals surface area contributed by atoms with Gasteiger partial charge in [-0.2, -0.15) is 8.42 Å². The predicted molar refractivity (Wildman–Crippen MR) is 100 cm³/mol. The van der Waals surface area contributed by atoms with E-state index in [0.29, 0.717) is 6.42 Å². The Bertz CT molecular complexity index is 351. The van der Waals surface area contributed by atoms with E-state index in [1.165, 1.54) is 0 Å². The molecule has 10 heteroatoms. The minimum atomic E-state index is -4.67. The van der Waals surface area contributed by atoms with Crippen LogP contribution in [0.2, 0.25) is 0 Å². The van der Waals surface area contributed by atoms with Crippen molar-refractivity contribution in [1.29, 1.82) is 0 Å². The number of nitrogens with zero attached hydrogens (tertiary/aromatic N) is 3. The van der Waals surface area contributed by atoms with Gasteiger partial charge >= 0.3 is 16.4 Å². The molecule has 0 unspecified atom stereocenters. The van der Waals surface area contributed by atoms with Crippen molar-refractivity contribution in [3.8, 4) is 0 Å². The molecule has 3 N–H and O–H groups in total. The van der Waals surface area contributed by atoms with Gasteiger partial charge in [-0.1, -0.05) is 13.5 Å². The summed E-state index contributed by atoms with van der Waals surface area (Å²) >= 11 is 0. The summed E-state index contributed by atoms with van der Waals surface area (Å²) in [5, 5.41) is 8.08. The third-order valence-corrected chi connectivity index (χ3v) is 0.729. The molecule has 150 valence electrons. The highest BCUT2D eigenvalue weighted by atomic mass is 32.3. The van der Waals surface area contributed by atoms with Crippen molar-refractivity contribution in [2.24, 2.45) is 0 Å². The molecule has 0 aliphatic carbocycles. The molecule has 0 radical (unpaired) electrons. The zero-order valence-corrected chi connectivity index (χ0v) is 17.5. The van der Waals surface area contributed by atoms with Gasteiger partial charge < -0.3 is 19.8 Å². The molecule has 0 aromatic heterocycles. The van der Waals surface area contributed by atoms with Crippen LogP contribution in [-0.2, 0) is 15.2 Å². The second-order valence-corrected chi connectivity index (χ2v) is 6.63. The van der Waals surface area contributed by atoms with E-state index in [1.54, 1.807) is 6.92 Å². The van der Waals surface area contributed by atoms with E-state index in [0.717, 1.165) is 0 Å². The van der Waals surface area contributed by atoms with Gasteiger partial charge in [0.1, 0.15) is 0 Å². The summed E-state index contributed by atoms with van der Waals surface area (Å²) in [4.78, 5) is 15.8. The van der Waals surface area contributed by atoms with Crippen molar-refractivity contribution in [1.82, 2.24) is 14.7 Å². The Kier molecular flexibility index (Phi) is 31.4. The quantitative estimate of drug-likeness (QED) is 0.477. The zero-order chi connectivity index (χ0) is 21.1. The number of hydrogen-bond acceptors (Lipinski definition) is 6. The topological polar surface area (TPSA) is 122 Å². The summed E-state index contributed by atoms with van der Waals surface area (Å²) < 4.78 is 31.6. The van der Waals surface area contributed by atoms with E-state index in [4.69, 9.17) is 22.6 Å².